The van der Waals surface area contributed by atoms with Crippen LogP contribution < -0.4 is 0 Å². The minimum absolute atomic E-state index is 0.100. The van der Waals surface area contributed by atoms with Crippen LogP contribution in [0.4, 0.5) is 0 Å². The predicted octanol–water partition coefficient (Wildman–Crippen LogP) is 4.28. The van der Waals surface area contributed by atoms with Gasteiger partial charge in [0.1, 0.15) is 0 Å². The van der Waals surface area contributed by atoms with E-state index in [9.17, 15) is 14.4 Å². The van der Waals surface area contributed by atoms with Gasteiger partial charge in [-0.3, -0.25) is 14.4 Å². The molecule has 0 unspecified atom stereocenters. The molecule has 2 aliphatic rings. The summed E-state index contributed by atoms with van der Waals surface area (Å²) in [7, 11) is 2.58. The first-order valence-electron chi connectivity index (χ1n) is 10.4. The molecule has 0 N–H and O–H groups in total. The number of benzene rings is 1. The van der Waals surface area contributed by atoms with Crippen LogP contribution in [-0.2, 0) is 31.9 Å². The Morgan fingerprint density at radius 3 is 2.03 bits per heavy atom. The van der Waals surface area contributed by atoms with Gasteiger partial charge in [0.05, 0.1) is 14.2 Å². The number of hydrogen-bond acceptors (Lipinski definition) is 5. The van der Waals surface area contributed by atoms with Crippen molar-refractivity contribution in [2.45, 2.75) is 65.7 Å². The summed E-state index contributed by atoms with van der Waals surface area (Å²) in [4.78, 5) is 38.4. The van der Waals surface area contributed by atoms with Gasteiger partial charge in [0.2, 0.25) is 0 Å². The molecule has 0 atom stereocenters. The Morgan fingerprint density at radius 1 is 0.966 bits per heavy atom. The van der Waals surface area contributed by atoms with Crippen LogP contribution in [0.1, 0.15) is 77.2 Å². The molecule has 0 saturated carbocycles. The standard InChI is InChI=1S/C24H30O5/c1-6-19(25)21-15(3)18-13-24(22(26)28-4,23(27)29-5)12-17(18)14(2)20(21)16-10-8-7-9-11-16/h10H,6-9,11-13H2,1-5H3. The number of hydrogen-bond donors (Lipinski definition) is 0. The van der Waals surface area contributed by atoms with Crippen molar-refractivity contribution < 1.29 is 23.9 Å². The number of carbonyl (C=O) groups is 3. The van der Waals surface area contributed by atoms with E-state index in [1.54, 1.807) is 0 Å². The van der Waals surface area contributed by atoms with E-state index in [0.29, 0.717) is 6.42 Å². The summed E-state index contributed by atoms with van der Waals surface area (Å²) in [5, 5.41) is 0. The maximum absolute atomic E-state index is 13.0. The molecule has 2 aliphatic carbocycles. The second kappa shape index (κ2) is 8.13. The first kappa shape index (κ1) is 21.3. The topological polar surface area (TPSA) is 69.7 Å². The van der Waals surface area contributed by atoms with Gasteiger partial charge in [0.15, 0.2) is 11.2 Å². The van der Waals surface area contributed by atoms with Gasteiger partial charge in [-0.05, 0) is 72.9 Å². The average Bonchev–Trinajstić information content (AvgIpc) is 3.17. The largest absolute Gasteiger partial charge is 0.468 e. The van der Waals surface area contributed by atoms with Gasteiger partial charge in [-0.25, -0.2) is 0 Å². The third-order valence-electron chi connectivity index (χ3n) is 6.59. The predicted molar refractivity (Wildman–Crippen MR) is 111 cm³/mol. The lowest BCUT2D eigenvalue weighted by Gasteiger charge is -2.23. The molecule has 0 fully saturated rings. The highest BCUT2D eigenvalue weighted by molar-refractivity contribution is 6.05. The van der Waals surface area contributed by atoms with E-state index in [1.165, 1.54) is 19.8 Å². The summed E-state index contributed by atoms with van der Waals surface area (Å²) in [6.07, 6.45) is 7.34. The fourth-order valence-electron chi connectivity index (χ4n) is 5.03. The van der Waals surface area contributed by atoms with Gasteiger partial charge in [-0.1, -0.05) is 13.0 Å². The molecule has 0 heterocycles. The van der Waals surface area contributed by atoms with E-state index in [-0.39, 0.29) is 18.6 Å². The Balaban J connectivity index is 2.27. The van der Waals surface area contributed by atoms with Crippen molar-refractivity contribution in [1.82, 2.24) is 0 Å². The highest BCUT2D eigenvalue weighted by atomic mass is 16.5. The third-order valence-corrected chi connectivity index (χ3v) is 6.59. The first-order chi connectivity index (χ1) is 13.8. The second-order valence-corrected chi connectivity index (χ2v) is 8.13. The van der Waals surface area contributed by atoms with Crippen LogP contribution in [0.2, 0.25) is 0 Å². The van der Waals surface area contributed by atoms with E-state index in [1.807, 2.05) is 20.8 Å². The monoisotopic (exact) mass is 398 g/mol. The highest BCUT2D eigenvalue weighted by Gasteiger charge is 2.54. The second-order valence-electron chi connectivity index (χ2n) is 8.13. The molecule has 29 heavy (non-hydrogen) atoms. The van der Waals surface area contributed by atoms with Gasteiger partial charge in [0, 0.05) is 24.8 Å². The lowest BCUT2D eigenvalue weighted by Crippen LogP contribution is -2.42. The van der Waals surface area contributed by atoms with E-state index in [0.717, 1.165) is 59.1 Å². The van der Waals surface area contributed by atoms with Gasteiger partial charge >= 0.3 is 11.9 Å². The SMILES string of the molecule is CCC(=O)c1c(C)c2c(c(C)c1C1=CCCCC1)CC(C(=O)OC)(C(=O)OC)C2. The maximum atomic E-state index is 13.0. The Morgan fingerprint density at radius 2 is 1.55 bits per heavy atom. The summed E-state index contributed by atoms with van der Waals surface area (Å²) in [5.74, 6) is -1.06. The van der Waals surface area contributed by atoms with Crippen molar-refractivity contribution in [2.75, 3.05) is 14.2 Å². The number of rotatable bonds is 5. The molecule has 5 nitrogen and oxygen atoms in total. The van der Waals surface area contributed by atoms with Crippen molar-refractivity contribution >= 4 is 23.3 Å². The average molecular weight is 398 g/mol. The van der Waals surface area contributed by atoms with E-state index in [4.69, 9.17) is 9.47 Å². The Hall–Kier alpha value is -2.43. The quantitative estimate of drug-likeness (QED) is 0.420. The molecule has 0 aliphatic heterocycles. The third kappa shape index (κ3) is 3.30. The number of allylic oxidation sites excluding steroid dienone is 2. The highest BCUT2D eigenvalue weighted by Crippen LogP contribution is 2.46. The fraction of sp³-hybridized carbons (Fsp3) is 0.542. The summed E-state index contributed by atoms with van der Waals surface area (Å²) >= 11 is 0. The Labute approximate surface area is 172 Å². The van der Waals surface area contributed by atoms with Crippen LogP contribution in [0, 0.1) is 19.3 Å². The van der Waals surface area contributed by atoms with Gasteiger partial charge in [0.25, 0.3) is 0 Å². The van der Waals surface area contributed by atoms with E-state index < -0.39 is 17.4 Å². The number of carbonyl (C=O) groups excluding carboxylic acids is 3. The van der Waals surface area contributed by atoms with E-state index in [2.05, 4.69) is 6.08 Å². The van der Waals surface area contributed by atoms with Crippen molar-refractivity contribution in [3.05, 3.63) is 39.5 Å². The van der Waals surface area contributed by atoms with Gasteiger partial charge < -0.3 is 9.47 Å². The molecule has 0 amide bonds. The number of methoxy groups -OCH3 is 2. The van der Waals surface area contributed by atoms with Crippen LogP contribution in [0.3, 0.4) is 0 Å². The summed E-state index contributed by atoms with van der Waals surface area (Å²) in [6.45, 7) is 5.83. The molecular formula is C24H30O5. The fourth-order valence-corrected chi connectivity index (χ4v) is 5.03. The normalized spacial score (nSPS) is 17.3. The Kier molecular flexibility index (Phi) is 5.97. The number of ketones is 1. The number of Topliss-reactive ketones (excluding diaryl/α,β-unsaturated/α-hetero) is 1. The molecule has 0 spiro atoms. The van der Waals surface area contributed by atoms with Crippen LogP contribution in [-0.4, -0.2) is 31.9 Å². The van der Waals surface area contributed by atoms with Crippen LogP contribution >= 0.6 is 0 Å². The van der Waals surface area contributed by atoms with Crippen LogP contribution in [0.5, 0.6) is 0 Å². The van der Waals surface area contributed by atoms with E-state index >= 15 is 0 Å². The number of ether oxygens (including phenoxy) is 2. The minimum atomic E-state index is -1.38. The lowest BCUT2D eigenvalue weighted by molar-refractivity contribution is -0.168. The van der Waals surface area contributed by atoms with Gasteiger partial charge in [-0.2, -0.15) is 0 Å². The minimum Gasteiger partial charge on any atom is -0.468 e. The zero-order chi connectivity index (χ0) is 21.3. The molecule has 0 bridgehead atoms. The smallest absolute Gasteiger partial charge is 0.323 e. The van der Waals surface area contributed by atoms with Crippen molar-refractivity contribution in [3.63, 3.8) is 0 Å². The zero-order valence-corrected chi connectivity index (χ0v) is 18.1. The maximum Gasteiger partial charge on any atom is 0.323 e. The van der Waals surface area contributed by atoms with Crippen LogP contribution in [0.25, 0.3) is 5.57 Å². The van der Waals surface area contributed by atoms with Crippen molar-refractivity contribution in [2.24, 2.45) is 5.41 Å². The van der Waals surface area contributed by atoms with Crippen molar-refractivity contribution in [3.8, 4) is 0 Å². The molecule has 5 heteroatoms. The summed E-state index contributed by atoms with van der Waals surface area (Å²) < 4.78 is 10.00. The molecule has 1 aromatic rings. The van der Waals surface area contributed by atoms with Gasteiger partial charge in [-0.15, -0.1) is 0 Å². The number of fused-ring (bicyclic) bond motifs is 1. The summed E-state index contributed by atoms with van der Waals surface area (Å²) in [6, 6.07) is 0. The molecular weight excluding hydrogens is 368 g/mol. The molecule has 156 valence electrons. The molecule has 0 saturated heterocycles. The zero-order valence-electron chi connectivity index (χ0n) is 18.1. The lowest BCUT2D eigenvalue weighted by atomic mass is 9.80. The molecule has 3 rings (SSSR count). The molecule has 1 aromatic carbocycles. The molecule has 0 radical (unpaired) electrons. The van der Waals surface area contributed by atoms with Crippen LogP contribution in [0.15, 0.2) is 6.08 Å². The summed E-state index contributed by atoms with van der Waals surface area (Å²) in [5.41, 5.74) is 5.38. The number of esters is 2. The van der Waals surface area contributed by atoms with Crippen molar-refractivity contribution in [1.29, 1.82) is 0 Å². The first-order valence-corrected chi connectivity index (χ1v) is 10.4. The Bertz CT molecular complexity index is 891. The molecule has 0 aromatic heterocycles.